The van der Waals surface area contributed by atoms with E-state index in [1.807, 2.05) is 12.3 Å². The van der Waals surface area contributed by atoms with Crippen molar-refractivity contribution in [2.45, 2.75) is 18.9 Å². The summed E-state index contributed by atoms with van der Waals surface area (Å²) in [4.78, 5) is 12.5. The molecule has 0 radical (unpaired) electrons. The summed E-state index contributed by atoms with van der Waals surface area (Å²) in [6.07, 6.45) is 9.53. The number of benzene rings is 2. The largest absolute Gasteiger partial charge is 0.472 e. The Hall–Kier alpha value is -3.97. The highest BCUT2D eigenvalue weighted by Gasteiger charge is 2.16. The van der Waals surface area contributed by atoms with Gasteiger partial charge in [-0.2, -0.15) is 5.10 Å². The van der Waals surface area contributed by atoms with Crippen molar-refractivity contribution in [3.05, 3.63) is 73.3 Å². The van der Waals surface area contributed by atoms with Crippen LogP contribution in [0.15, 0.2) is 73.3 Å². The molecule has 6 rings (SSSR count). The third-order valence-corrected chi connectivity index (χ3v) is 6.12. The predicted octanol–water partition coefficient (Wildman–Crippen LogP) is 4.81. The minimum atomic E-state index is 0.139. The monoisotopic (exact) mass is 436 g/mol. The quantitative estimate of drug-likeness (QED) is 0.368. The molecule has 7 heteroatoms. The molecule has 0 amide bonds. The molecule has 1 aliphatic heterocycles. The molecule has 3 aromatic heterocycles. The Morgan fingerprint density at radius 2 is 1.91 bits per heavy atom. The van der Waals surface area contributed by atoms with E-state index < -0.39 is 0 Å². The van der Waals surface area contributed by atoms with Crippen LogP contribution in [-0.4, -0.2) is 44.3 Å². The maximum absolute atomic E-state index is 6.09. The van der Waals surface area contributed by atoms with E-state index in [1.54, 1.807) is 18.6 Å². The van der Waals surface area contributed by atoms with E-state index in [1.165, 1.54) is 0 Å². The smallest absolute Gasteiger partial charge is 0.233 e. The van der Waals surface area contributed by atoms with E-state index in [2.05, 4.69) is 67.9 Å². The Bertz CT molecular complexity index is 1390. The van der Waals surface area contributed by atoms with Gasteiger partial charge >= 0.3 is 0 Å². The standard InChI is InChI=1S/C26H24N6O/c1-3-17(11-19(4-1)23-8-10-30-32-23)18-6-7-24-21(12-18)22(14-29-24)25-15-28-16-26(31-25)33-20-5-2-9-27-13-20/h1,3-4,6-8,10-12,14-16,20,27,29H,2,5,9,13H2,(H,30,32)/t20-/m1/s1. The van der Waals surface area contributed by atoms with Crippen molar-refractivity contribution in [3.8, 4) is 39.5 Å². The van der Waals surface area contributed by atoms with Gasteiger partial charge in [0, 0.05) is 41.0 Å². The molecule has 164 valence electrons. The Balaban J connectivity index is 1.34. The van der Waals surface area contributed by atoms with Crippen LogP contribution in [0, 0.1) is 0 Å². The Kier molecular flexibility index (Phi) is 5.08. The van der Waals surface area contributed by atoms with Gasteiger partial charge in [0.25, 0.3) is 0 Å². The lowest BCUT2D eigenvalue weighted by Crippen LogP contribution is -2.37. The molecule has 1 aliphatic rings. The average molecular weight is 437 g/mol. The summed E-state index contributed by atoms with van der Waals surface area (Å²) in [6.45, 7) is 1.90. The van der Waals surface area contributed by atoms with Crippen molar-refractivity contribution in [1.29, 1.82) is 0 Å². The van der Waals surface area contributed by atoms with E-state index in [0.29, 0.717) is 5.88 Å². The fourth-order valence-corrected chi connectivity index (χ4v) is 4.42. The van der Waals surface area contributed by atoms with Gasteiger partial charge in [-0.25, -0.2) is 4.98 Å². The molecule has 0 bridgehead atoms. The number of aromatic amines is 2. The van der Waals surface area contributed by atoms with Crippen molar-refractivity contribution in [3.63, 3.8) is 0 Å². The predicted molar refractivity (Wildman–Crippen MR) is 129 cm³/mol. The maximum atomic E-state index is 6.09. The highest BCUT2D eigenvalue weighted by Crippen LogP contribution is 2.33. The normalized spacial score (nSPS) is 16.2. The molecule has 0 saturated carbocycles. The van der Waals surface area contributed by atoms with Gasteiger partial charge in [0.2, 0.25) is 5.88 Å². The first-order valence-electron chi connectivity index (χ1n) is 11.2. The number of H-pyrrole nitrogens is 2. The van der Waals surface area contributed by atoms with Gasteiger partial charge in [-0.15, -0.1) is 0 Å². The van der Waals surface area contributed by atoms with Crippen molar-refractivity contribution in [2.24, 2.45) is 0 Å². The van der Waals surface area contributed by atoms with Gasteiger partial charge in [0.05, 0.1) is 23.8 Å². The third-order valence-electron chi connectivity index (χ3n) is 6.12. The Morgan fingerprint density at radius 3 is 2.79 bits per heavy atom. The Morgan fingerprint density at radius 1 is 0.970 bits per heavy atom. The molecule has 4 heterocycles. The highest BCUT2D eigenvalue weighted by molar-refractivity contribution is 5.97. The zero-order valence-corrected chi connectivity index (χ0v) is 18.1. The van der Waals surface area contributed by atoms with E-state index in [0.717, 1.165) is 70.5 Å². The summed E-state index contributed by atoms with van der Waals surface area (Å²) < 4.78 is 6.09. The molecule has 33 heavy (non-hydrogen) atoms. The molecule has 0 unspecified atom stereocenters. The molecule has 1 fully saturated rings. The fourth-order valence-electron chi connectivity index (χ4n) is 4.42. The number of rotatable bonds is 5. The molecule has 3 N–H and O–H groups in total. The SMILES string of the molecule is c1cc(-c2ccc3[nH]cc(-c4cncc(O[C@@H]5CCCNC5)n4)c3c2)cc(-c2ccn[nH]2)c1. The second kappa shape index (κ2) is 8.52. The minimum Gasteiger partial charge on any atom is -0.472 e. The zero-order valence-electron chi connectivity index (χ0n) is 18.1. The lowest BCUT2D eigenvalue weighted by Gasteiger charge is -2.23. The summed E-state index contributed by atoms with van der Waals surface area (Å²) in [5, 5.41) is 11.6. The van der Waals surface area contributed by atoms with Gasteiger partial charge < -0.3 is 15.0 Å². The van der Waals surface area contributed by atoms with Gasteiger partial charge in [0.15, 0.2) is 0 Å². The number of nitrogens with one attached hydrogen (secondary N) is 3. The fraction of sp³-hybridized carbons (Fsp3) is 0.192. The first-order chi connectivity index (χ1) is 16.3. The van der Waals surface area contributed by atoms with Crippen LogP contribution in [-0.2, 0) is 0 Å². The number of hydrogen-bond acceptors (Lipinski definition) is 5. The van der Waals surface area contributed by atoms with Crippen molar-refractivity contribution >= 4 is 10.9 Å². The molecular formula is C26H24N6O. The van der Waals surface area contributed by atoms with E-state index in [4.69, 9.17) is 9.72 Å². The van der Waals surface area contributed by atoms with E-state index in [9.17, 15) is 0 Å². The summed E-state index contributed by atoms with van der Waals surface area (Å²) in [5.74, 6) is 0.568. The van der Waals surface area contributed by atoms with Crippen LogP contribution in [0.1, 0.15) is 12.8 Å². The van der Waals surface area contributed by atoms with Crippen LogP contribution < -0.4 is 10.1 Å². The second-order valence-electron chi connectivity index (χ2n) is 8.34. The molecule has 0 spiro atoms. The number of aromatic nitrogens is 5. The van der Waals surface area contributed by atoms with Crippen molar-refractivity contribution in [1.82, 2.24) is 30.5 Å². The number of hydrogen-bond donors (Lipinski definition) is 3. The van der Waals surface area contributed by atoms with E-state index >= 15 is 0 Å². The molecule has 1 saturated heterocycles. The van der Waals surface area contributed by atoms with Crippen LogP contribution in [0.5, 0.6) is 5.88 Å². The van der Waals surface area contributed by atoms with Crippen LogP contribution in [0.2, 0.25) is 0 Å². The van der Waals surface area contributed by atoms with Crippen LogP contribution in [0.25, 0.3) is 44.5 Å². The lowest BCUT2D eigenvalue weighted by molar-refractivity contribution is 0.160. The van der Waals surface area contributed by atoms with Crippen molar-refractivity contribution < 1.29 is 4.74 Å². The van der Waals surface area contributed by atoms with Gasteiger partial charge in [-0.05, 0) is 54.8 Å². The summed E-state index contributed by atoms with van der Waals surface area (Å²) in [7, 11) is 0. The third kappa shape index (κ3) is 3.99. The Labute approximate surface area is 191 Å². The summed E-state index contributed by atoms with van der Waals surface area (Å²) in [5.41, 5.74) is 7.25. The average Bonchev–Trinajstić information content (AvgIpc) is 3.55. The van der Waals surface area contributed by atoms with Crippen molar-refractivity contribution in [2.75, 3.05) is 13.1 Å². The molecular weight excluding hydrogens is 412 g/mol. The summed E-state index contributed by atoms with van der Waals surface area (Å²) >= 11 is 0. The van der Waals surface area contributed by atoms with Crippen LogP contribution in [0.4, 0.5) is 0 Å². The number of nitrogens with zero attached hydrogens (tertiary/aromatic N) is 3. The first kappa shape index (κ1) is 19.7. The number of ether oxygens (including phenoxy) is 1. The molecule has 5 aromatic rings. The molecule has 7 nitrogen and oxygen atoms in total. The van der Waals surface area contributed by atoms with Gasteiger partial charge in [-0.1, -0.05) is 24.3 Å². The van der Waals surface area contributed by atoms with Gasteiger partial charge in [0.1, 0.15) is 6.10 Å². The first-order valence-corrected chi connectivity index (χ1v) is 11.2. The molecule has 0 aliphatic carbocycles. The highest BCUT2D eigenvalue weighted by atomic mass is 16.5. The molecule has 1 atom stereocenters. The molecule has 2 aromatic carbocycles. The second-order valence-corrected chi connectivity index (χ2v) is 8.34. The number of fused-ring (bicyclic) bond motifs is 1. The lowest BCUT2D eigenvalue weighted by atomic mass is 9.99. The van der Waals surface area contributed by atoms with Crippen LogP contribution >= 0.6 is 0 Å². The summed E-state index contributed by atoms with van der Waals surface area (Å²) in [6, 6.07) is 16.9. The maximum Gasteiger partial charge on any atom is 0.233 e. The van der Waals surface area contributed by atoms with Crippen LogP contribution in [0.3, 0.4) is 0 Å². The minimum absolute atomic E-state index is 0.139. The number of piperidine rings is 1. The zero-order chi connectivity index (χ0) is 22.0. The topological polar surface area (TPSA) is 91.5 Å². The van der Waals surface area contributed by atoms with Gasteiger partial charge in [-0.3, -0.25) is 10.1 Å². The van der Waals surface area contributed by atoms with E-state index in [-0.39, 0.29) is 6.10 Å².